The van der Waals surface area contributed by atoms with E-state index in [1.165, 1.54) is 0 Å². The third-order valence-electron chi connectivity index (χ3n) is 18.8. The van der Waals surface area contributed by atoms with E-state index in [1.807, 2.05) is 133 Å². The molecule has 0 N–H and O–H groups in total. The van der Waals surface area contributed by atoms with Crippen molar-refractivity contribution in [1.29, 1.82) is 15.8 Å². The molecule has 8 nitrogen and oxygen atoms in total. The Balaban J connectivity index is 0.918. The summed E-state index contributed by atoms with van der Waals surface area (Å²) in [7, 11) is 0. The van der Waals surface area contributed by atoms with E-state index >= 15 is 0 Å². The average Bonchev–Trinajstić information content (AvgIpc) is 1.58. The molecular weight excluding hydrogens is 1190 g/mol. The number of nitriles is 3. The summed E-state index contributed by atoms with van der Waals surface area (Å²) in [6.07, 6.45) is 0. The van der Waals surface area contributed by atoms with E-state index in [1.54, 1.807) is 0 Å². The minimum atomic E-state index is 0.419. The normalized spacial score (nSPS) is 11.2. The molecule has 8 heteroatoms. The molecule has 0 saturated carbocycles. The smallest absolute Gasteiger partial charge is 0.164 e. The van der Waals surface area contributed by atoms with Crippen LogP contribution in [0, 0.1) is 34.0 Å². The highest BCUT2D eigenvalue weighted by Gasteiger charge is 2.25. The first-order valence-electron chi connectivity index (χ1n) is 32.5. The second kappa shape index (κ2) is 24.6. The van der Waals surface area contributed by atoms with Crippen LogP contribution in [-0.4, -0.2) is 24.1 Å². The third-order valence-corrected chi connectivity index (χ3v) is 18.8. The molecule has 0 spiro atoms. The van der Waals surface area contributed by atoms with Gasteiger partial charge in [-0.05, 0) is 134 Å². The molecule has 0 atom stereocenters. The Labute approximate surface area is 566 Å². The molecule has 0 aliphatic heterocycles. The highest BCUT2D eigenvalue weighted by molar-refractivity contribution is 6.14. The van der Waals surface area contributed by atoms with Crippen LogP contribution in [0.15, 0.2) is 328 Å². The zero-order chi connectivity index (χ0) is 65.6. The minimum absolute atomic E-state index is 0.419. The summed E-state index contributed by atoms with van der Waals surface area (Å²) >= 11 is 0. The highest BCUT2D eigenvalue weighted by Crippen LogP contribution is 2.45. The number of benzene rings is 14. The molecule has 0 radical (unpaired) electrons. The first kappa shape index (κ1) is 58.0. The van der Waals surface area contributed by atoms with Crippen molar-refractivity contribution in [2.45, 2.75) is 0 Å². The molecule has 0 aliphatic carbocycles. The maximum absolute atomic E-state index is 10.8. The van der Waals surface area contributed by atoms with Gasteiger partial charge in [-0.25, -0.2) is 15.0 Å². The standard InChI is InChI=1S/C90H54N8/c91-55-70-27-13-16-30-73(70)62-33-35-63(36-34-62)88-94-89(68-37-43-76(74-31-17-14-28-71(74)56-92)86(53-68)97-82-45-39-64(58-19-5-1-6-20-58)49-78(82)79-50-65(40-46-83(79)97)59-21-7-2-8-22-59)96-90(95-88)69-38-44-77(75-32-18-15-29-72(75)57-93)87(54-69)98-84-47-41-66(60-23-9-3-10-24-60)51-80(84)81-52-67(42-48-85(81)98)61-25-11-4-12-26-61/h1-54H. The number of nitrogens with zero attached hydrogens (tertiary/aromatic N) is 8. The van der Waals surface area contributed by atoms with Crippen molar-refractivity contribution in [1.82, 2.24) is 24.1 Å². The maximum atomic E-state index is 10.8. The zero-order valence-corrected chi connectivity index (χ0v) is 52.8. The second-order valence-corrected chi connectivity index (χ2v) is 24.4. The van der Waals surface area contributed by atoms with E-state index in [0.717, 1.165) is 138 Å². The van der Waals surface area contributed by atoms with Gasteiger partial charge in [-0.2, -0.15) is 15.8 Å². The lowest BCUT2D eigenvalue weighted by Gasteiger charge is -2.18. The topological polar surface area (TPSA) is 120 Å². The lowest BCUT2D eigenvalue weighted by Crippen LogP contribution is -2.04. The zero-order valence-electron chi connectivity index (χ0n) is 52.8. The van der Waals surface area contributed by atoms with E-state index in [0.29, 0.717) is 45.3 Å². The van der Waals surface area contributed by atoms with Crippen LogP contribution in [-0.2, 0) is 0 Å². The van der Waals surface area contributed by atoms with Crippen molar-refractivity contribution in [3.05, 3.63) is 344 Å². The molecule has 0 aliphatic rings. The molecule has 0 bridgehead atoms. The van der Waals surface area contributed by atoms with Crippen LogP contribution >= 0.6 is 0 Å². The van der Waals surface area contributed by atoms with Crippen LogP contribution in [0.25, 0.3) is 167 Å². The number of fused-ring (bicyclic) bond motifs is 6. The van der Waals surface area contributed by atoms with Crippen molar-refractivity contribution in [2.24, 2.45) is 0 Å². The van der Waals surface area contributed by atoms with Gasteiger partial charge in [0.15, 0.2) is 17.5 Å². The largest absolute Gasteiger partial charge is 0.309 e. The Bertz CT molecular complexity index is 5610. The van der Waals surface area contributed by atoms with E-state index in [-0.39, 0.29) is 0 Å². The lowest BCUT2D eigenvalue weighted by atomic mass is 9.96. The van der Waals surface area contributed by atoms with Crippen molar-refractivity contribution < 1.29 is 0 Å². The third kappa shape index (κ3) is 10.3. The van der Waals surface area contributed by atoms with Gasteiger partial charge in [-0.1, -0.05) is 249 Å². The van der Waals surface area contributed by atoms with Gasteiger partial charge < -0.3 is 9.13 Å². The molecule has 98 heavy (non-hydrogen) atoms. The second-order valence-electron chi connectivity index (χ2n) is 24.4. The van der Waals surface area contributed by atoms with Crippen LogP contribution in [0.5, 0.6) is 0 Å². The average molecular weight is 1250 g/mol. The van der Waals surface area contributed by atoms with Crippen LogP contribution < -0.4 is 0 Å². The lowest BCUT2D eigenvalue weighted by molar-refractivity contribution is 1.07. The van der Waals surface area contributed by atoms with Gasteiger partial charge in [0.25, 0.3) is 0 Å². The summed E-state index contributed by atoms with van der Waals surface area (Å²) < 4.78 is 4.65. The Kier molecular flexibility index (Phi) is 14.5. The SMILES string of the molecule is N#Cc1ccccc1-c1ccc(-c2nc(-c3ccc(-c4ccccc4C#N)c(-n4c5ccc(-c6ccccc6)cc5c5cc(-c6ccccc6)ccc54)c3)nc(-c3ccc(-c4ccccc4C#N)c(-n4c5ccc(-c6ccccc6)cc5c5cc(-c6ccccc6)ccc54)c3)n2)cc1. The molecule has 3 heterocycles. The first-order chi connectivity index (χ1) is 48.4. The summed E-state index contributed by atoms with van der Waals surface area (Å²) in [5, 5.41) is 36.1. The quantitative estimate of drug-likeness (QED) is 0.120. The number of hydrogen-bond donors (Lipinski definition) is 0. The number of rotatable bonds is 12. The Morgan fingerprint density at radius 1 is 0.204 bits per heavy atom. The van der Waals surface area contributed by atoms with Gasteiger partial charge >= 0.3 is 0 Å². The molecule has 454 valence electrons. The Morgan fingerprint density at radius 3 is 0.806 bits per heavy atom. The summed E-state index contributed by atoms with van der Waals surface area (Å²) in [5.41, 5.74) is 23.2. The van der Waals surface area contributed by atoms with E-state index in [9.17, 15) is 15.8 Å². The van der Waals surface area contributed by atoms with Crippen molar-refractivity contribution >= 4 is 43.6 Å². The molecule has 0 saturated heterocycles. The first-order valence-corrected chi connectivity index (χ1v) is 32.5. The van der Waals surface area contributed by atoms with Crippen molar-refractivity contribution in [3.8, 4) is 142 Å². The van der Waals surface area contributed by atoms with E-state index in [4.69, 9.17) is 15.0 Å². The summed E-state index contributed by atoms with van der Waals surface area (Å²) in [6.45, 7) is 0. The fourth-order valence-corrected chi connectivity index (χ4v) is 14.0. The molecular formula is C90H54N8. The Hall–Kier alpha value is -13.8. The molecule has 0 unspecified atom stereocenters. The van der Waals surface area contributed by atoms with Gasteiger partial charge in [0.1, 0.15) is 0 Å². The molecule has 0 amide bonds. The molecule has 14 aromatic carbocycles. The van der Waals surface area contributed by atoms with Crippen molar-refractivity contribution in [2.75, 3.05) is 0 Å². The predicted octanol–water partition coefficient (Wildman–Crippen LogP) is 22.4. The van der Waals surface area contributed by atoms with Gasteiger partial charge in [0.2, 0.25) is 0 Å². The van der Waals surface area contributed by atoms with Crippen LogP contribution in [0.1, 0.15) is 16.7 Å². The van der Waals surface area contributed by atoms with Crippen LogP contribution in [0.3, 0.4) is 0 Å². The fourth-order valence-electron chi connectivity index (χ4n) is 14.0. The summed E-state index contributed by atoms with van der Waals surface area (Å²) in [6, 6.07) is 120. The number of hydrogen-bond acceptors (Lipinski definition) is 6. The van der Waals surface area contributed by atoms with Crippen LogP contribution in [0.2, 0.25) is 0 Å². The molecule has 3 aromatic heterocycles. The summed E-state index contributed by atoms with van der Waals surface area (Å²) in [5.74, 6) is 1.27. The molecule has 17 aromatic rings. The van der Waals surface area contributed by atoms with Gasteiger partial charge in [-0.3, -0.25) is 0 Å². The fraction of sp³-hybridized carbons (Fsp3) is 0. The summed E-state index contributed by atoms with van der Waals surface area (Å²) in [4.78, 5) is 16.4. The highest BCUT2D eigenvalue weighted by atomic mass is 15.0. The minimum Gasteiger partial charge on any atom is -0.309 e. The van der Waals surface area contributed by atoms with Crippen molar-refractivity contribution in [3.63, 3.8) is 0 Å². The molecule has 17 rings (SSSR count). The van der Waals surface area contributed by atoms with Gasteiger partial charge in [0, 0.05) is 60.5 Å². The van der Waals surface area contributed by atoms with Gasteiger partial charge in [0.05, 0.1) is 68.3 Å². The number of aromatic nitrogens is 5. The molecule has 0 fully saturated rings. The monoisotopic (exact) mass is 1250 g/mol. The van der Waals surface area contributed by atoms with E-state index in [2.05, 4.69) is 221 Å². The maximum Gasteiger partial charge on any atom is 0.164 e. The van der Waals surface area contributed by atoms with E-state index < -0.39 is 0 Å². The Morgan fingerprint density at radius 2 is 0.469 bits per heavy atom. The predicted molar refractivity (Wildman–Crippen MR) is 397 cm³/mol. The van der Waals surface area contributed by atoms with Gasteiger partial charge in [-0.15, -0.1) is 0 Å². The van der Waals surface area contributed by atoms with Crippen LogP contribution in [0.4, 0.5) is 0 Å².